The highest BCUT2D eigenvalue weighted by molar-refractivity contribution is 6.30. The lowest BCUT2D eigenvalue weighted by Gasteiger charge is -2.08. The summed E-state index contributed by atoms with van der Waals surface area (Å²) in [6, 6.07) is 7.31. The third-order valence-electron chi connectivity index (χ3n) is 2.68. The molecule has 0 aliphatic carbocycles. The number of rotatable bonds is 2. The second-order valence-corrected chi connectivity index (χ2v) is 3.99. The Labute approximate surface area is 101 Å². The van der Waals surface area contributed by atoms with Gasteiger partial charge in [-0.15, -0.1) is 0 Å². The molecule has 17 heavy (non-hydrogen) atoms. The van der Waals surface area contributed by atoms with E-state index in [-0.39, 0.29) is 5.75 Å². The maximum atomic E-state index is 9.95. The van der Waals surface area contributed by atoms with Gasteiger partial charge in [0.05, 0.1) is 5.69 Å². The average Bonchev–Trinajstić information content (AvgIpc) is 2.33. The molecule has 2 rings (SSSR count). The quantitative estimate of drug-likeness (QED) is 0.775. The first kappa shape index (κ1) is 11.4. The topological polar surface area (TPSA) is 46.0 Å². The maximum Gasteiger partial charge on any atom is 0.166 e. The van der Waals surface area contributed by atoms with Crippen molar-refractivity contribution in [2.24, 2.45) is 0 Å². The lowest BCUT2D eigenvalue weighted by atomic mass is 10.0. The predicted molar refractivity (Wildman–Crippen MR) is 72.1 cm³/mol. The van der Waals surface area contributed by atoms with Crippen molar-refractivity contribution in [1.29, 1.82) is 0 Å². The molecule has 1 aromatic heterocycles. The normalized spacial score (nSPS) is 10.2. The molecule has 0 saturated heterocycles. The SMILES string of the molecule is Bc1ccc(-c2cc(C)c(C=C)cc2O)nn1. The van der Waals surface area contributed by atoms with Crippen LogP contribution in [-0.2, 0) is 0 Å². The van der Waals surface area contributed by atoms with Crippen LogP contribution < -0.4 is 5.59 Å². The molecule has 1 heterocycles. The Bertz CT molecular complexity index is 564. The Morgan fingerprint density at radius 3 is 2.65 bits per heavy atom. The van der Waals surface area contributed by atoms with E-state index in [9.17, 15) is 5.11 Å². The monoisotopic (exact) mass is 224 g/mol. The fraction of sp³-hybridized carbons (Fsp3) is 0.0769. The van der Waals surface area contributed by atoms with Gasteiger partial charge in [0.2, 0.25) is 0 Å². The van der Waals surface area contributed by atoms with Crippen molar-refractivity contribution in [3.8, 4) is 17.0 Å². The van der Waals surface area contributed by atoms with E-state index in [1.54, 1.807) is 12.1 Å². The summed E-state index contributed by atoms with van der Waals surface area (Å²) < 4.78 is 0. The number of hydrogen-bond donors (Lipinski definition) is 1. The number of aromatic hydroxyl groups is 1. The van der Waals surface area contributed by atoms with Crippen LogP contribution in [0.25, 0.3) is 17.3 Å². The van der Waals surface area contributed by atoms with Crippen molar-refractivity contribution in [2.45, 2.75) is 6.92 Å². The number of aryl methyl sites for hydroxylation is 1. The molecule has 0 unspecified atom stereocenters. The van der Waals surface area contributed by atoms with Crippen LogP contribution in [0, 0.1) is 6.92 Å². The summed E-state index contributed by atoms with van der Waals surface area (Å²) in [6.07, 6.45) is 1.72. The molecule has 0 saturated carbocycles. The van der Waals surface area contributed by atoms with Crippen molar-refractivity contribution in [3.63, 3.8) is 0 Å². The van der Waals surface area contributed by atoms with Gasteiger partial charge in [-0.25, -0.2) is 0 Å². The number of phenolic OH excluding ortho intramolecular Hbond substituents is 1. The van der Waals surface area contributed by atoms with Crippen molar-refractivity contribution in [3.05, 3.63) is 42.0 Å². The van der Waals surface area contributed by atoms with Crippen molar-refractivity contribution in [2.75, 3.05) is 0 Å². The number of benzene rings is 1. The number of aromatic nitrogens is 2. The summed E-state index contributed by atoms with van der Waals surface area (Å²) in [6.45, 7) is 5.68. The van der Waals surface area contributed by atoms with Gasteiger partial charge in [0, 0.05) is 11.2 Å². The van der Waals surface area contributed by atoms with Crippen LogP contribution in [0.3, 0.4) is 0 Å². The first-order valence-electron chi connectivity index (χ1n) is 5.38. The molecular formula is C13H13BN2O. The highest BCUT2D eigenvalue weighted by Gasteiger charge is 2.08. The zero-order valence-corrected chi connectivity index (χ0v) is 9.94. The molecule has 2 aromatic rings. The van der Waals surface area contributed by atoms with E-state index >= 15 is 0 Å². The van der Waals surface area contributed by atoms with E-state index in [1.807, 2.05) is 33.0 Å². The second-order valence-electron chi connectivity index (χ2n) is 3.99. The molecule has 0 amide bonds. The molecule has 1 aromatic carbocycles. The molecule has 0 atom stereocenters. The molecule has 0 radical (unpaired) electrons. The molecule has 4 heteroatoms. The lowest BCUT2D eigenvalue weighted by Crippen LogP contribution is -2.09. The Morgan fingerprint density at radius 1 is 1.29 bits per heavy atom. The molecule has 0 fully saturated rings. The fourth-order valence-corrected chi connectivity index (χ4v) is 1.68. The molecule has 3 nitrogen and oxygen atoms in total. The van der Waals surface area contributed by atoms with Crippen LogP contribution in [0.4, 0.5) is 0 Å². The van der Waals surface area contributed by atoms with E-state index in [2.05, 4.69) is 16.8 Å². The first-order valence-corrected chi connectivity index (χ1v) is 5.38. The Balaban J connectivity index is 2.56. The van der Waals surface area contributed by atoms with Gasteiger partial charge in [0.15, 0.2) is 7.85 Å². The fourth-order valence-electron chi connectivity index (χ4n) is 1.68. The summed E-state index contributed by atoms with van der Waals surface area (Å²) in [5.41, 5.74) is 4.20. The van der Waals surface area contributed by atoms with E-state index < -0.39 is 0 Å². The van der Waals surface area contributed by atoms with Gasteiger partial charge in [-0.05, 0) is 42.3 Å². The highest BCUT2D eigenvalue weighted by Crippen LogP contribution is 2.30. The van der Waals surface area contributed by atoms with Gasteiger partial charge < -0.3 is 5.11 Å². The van der Waals surface area contributed by atoms with Gasteiger partial charge in [-0.1, -0.05) is 12.7 Å². The Hall–Kier alpha value is -2.10. The van der Waals surface area contributed by atoms with E-state index in [0.29, 0.717) is 11.3 Å². The molecule has 0 bridgehead atoms. The predicted octanol–water partition coefficient (Wildman–Crippen LogP) is 1.06. The Kier molecular flexibility index (Phi) is 2.96. The van der Waals surface area contributed by atoms with Crippen LogP contribution in [0.1, 0.15) is 11.1 Å². The van der Waals surface area contributed by atoms with Crippen molar-refractivity contribution in [1.82, 2.24) is 10.2 Å². The van der Waals surface area contributed by atoms with Gasteiger partial charge in [-0.2, -0.15) is 10.2 Å². The minimum Gasteiger partial charge on any atom is -0.507 e. The minimum absolute atomic E-state index is 0.198. The third-order valence-corrected chi connectivity index (χ3v) is 2.68. The summed E-state index contributed by atoms with van der Waals surface area (Å²) >= 11 is 0. The summed E-state index contributed by atoms with van der Waals surface area (Å²) in [5.74, 6) is 0.198. The van der Waals surface area contributed by atoms with Gasteiger partial charge in [-0.3, -0.25) is 0 Å². The van der Waals surface area contributed by atoms with E-state index in [1.165, 1.54) is 0 Å². The largest absolute Gasteiger partial charge is 0.507 e. The molecule has 0 aliphatic heterocycles. The second kappa shape index (κ2) is 4.41. The first-order chi connectivity index (χ1) is 8.11. The van der Waals surface area contributed by atoms with Crippen LogP contribution in [0.5, 0.6) is 5.75 Å². The third kappa shape index (κ3) is 2.20. The van der Waals surface area contributed by atoms with Crippen LogP contribution >= 0.6 is 0 Å². The van der Waals surface area contributed by atoms with Crippen LogP contribution in [0.2, 0.25) is 0 Å². The highest BCUT2D eigenvalue weighted by atomic mass is 16.3. The van der Waals surface area contributed by atoms with Gasteiger partial charge >= 0.3 is 0 Å². The Morgan fingerprint density at radius 2 is 2.06 bits per heavy atom. The zero-order valence-electron chi connectivity index (χ0n) is 9.94. The number of phenols is 1. The standard InChI is InChI=1S/C13H13BN2O/c1-3-9-7-12(17)10(6-8(9)2)11-4-5-13(14)16-15-11/h3-7,17H,1,14H2,2H3. The van der Waals surface area contributed by atoms with Crippen LogP contribution in [0.15, 0.2) is 30.8 Å². The molecule has 0 aliphatic rings. The summed E-state index contributed by atoms with van der Waals surface area (Å²) in [4.78, 5) is 0. The maximum absolute atomic E-state index is 9.95. The molecule has 84 valence electrons. The molecular weight excluding hydrogens is 211 g/mol. The van der Waals surface area contributed by atoms with E-state index in [0.717, 1.165) is 16.7 Å². The zero-order chi connectivity index (χ0) is 12.4. The van der Waals surface area contributed by atoms with Gasteiger partial charge in [0.1, 0.15) is 5.75 Å². The van der Waals surface area contributed by atoms with Crippen molar-refractivity contribution >= 4 is 19.5 Å². The number of nitrogens with zero attached hydrogens (tertiary/aromatic N) is 2. The van der Waals surface area contributed by atoms with Crippen molar-refractivity contribution < 1.29 is 5.11 Å². The molecule has 0 spiro atoms. The lowest BCUT2D eigenvalue weighted by molar-refractivity contribution is 0.477. The summed E-state index contributed by atoms with van der Waals surface area (Å²) in [7, 11) is 1.88. The summed E-state index contributed by atoms with van der Waals surface area (Å²) in [5, 5.41) is 18.0. The smallest absolute Gasteiger partial charge is 0.166 e. The van der Waals surface area contributed by atoms with Gasteiger partial charge in [0.25, 0.3) is 0 Å². The average molecular weight is 224 g/mol. The van der Waals surface area contributed by atoms with E-state index in [4.69, 9.17) is 0 Å². The van der Waals surface area contributed by atoms with Crippen LogP contribution in [-0.4, -0.2) is 23.2 Å². The molecule has 1 N–H and O–H groups in total. The number of hydrogen-bond acceptors (Lipinski definition) is 3. The minimum atomic E-state index is 0.198.